The standard InChI is InChI=1S/C20H28O4/c1-2-3-6-9-17(21)14-12-16-13-15-19(22)18(16)10-7-4-5-8-11-20(23)24/h3-4,6-7,12-18,21H,2,5,8-11H2,1H3,(H,23,24)/b6-3-,7-4-,14-12+/t16-,17?,18?/m0/s1. The first kappa shape index (κ1) is 20.1. The number of carbonyl (C=O) groups is 2. The number of allylic oxidation sites excluding steroid dienone is 6. The molecule has 0 radical (unpaired) electrons. The highest BCUT2D eigenvalue weighted by molar-refractivity contribution is 5.95. The van der Waals surface area contributed by atoms with E-state index >= 15 is 0 Å². The molecule has 0 saturated heterocycles. The van der Waals surface area contributed by atoms with Crippen LogP contribution in [-0.2, 0) is 9.59 Å². The Morgan fingerprint density at radius 1 is 1.29 bits per heavy atom. The highest BCUT2D eigenvalue weighted by atomic mass is 16.4. The third-order valence-electron chi connectivity index (χ3n) is 3.97. The Morgan fingerprint density at radius 2 is 2.08 bits per heavy atom. The summed E-state index contributed by atoms with van der Waals surface area (Å²) in [4.78, 5) is 22.4. The van der Waals surface area contributed by atoms with Gasteiger partial charge in [-0.25, -0.2) is 0 Å². The van der Waals surface area contributed by atoms with E-state index in [2.05, 4.69) is 0 Å². The molecule has 0 bridgehead atoms. The molecule has 1 rings (SSSR count). The first-order chi connectivity index (χ1) is 11.5. The monoisotopic (exact) mass is 332 g/mol. The normalized spacial score (nSPS) is 22.3. The van der Waals surface area contributed by atoms with Crippen molar-refractivity contribution in [2.75, 3.05) is 0 Å². The summed E-state index contributed by atoms with van der Waals surface area (Å²) in [6.45, 7) is 2.05. The molecule has 4 nitrogen and oxygen atoms in total. The Kier molecular flexibility index (Phi) is 9.70. The number of unbranched alkanes of at least 4 members (excludes halogenated alkanes) is 1. The lowest BCUT2D eigenvalue weighted by atomic mass is 9.90. The van der Waals surface area contributed by atoms with Gasteiger partial charge in [-0.3, -0.25) is 9.59 Å². The molecule has 2 N–H and O–H groups in total. The van der Waals surface area contributed by atoms with E-state index in [9.17, 15) is 14.7 Å². The summed E-state index contributed by atoms with van der Waals surface area (Å²) in [6.07, 6.45) is 18.2. The van der Waals surface area contributed by atoms with Gasteiger partial charge in [0.2, 0.25) is 0 Å². The van der Waals surface area contributed by atoms with Crippen LogP contribution in [0.2, 0.25) is 0 Å². The van der Waals surface area contributed by atoms with E-state index in [-0.39, 0.29) is 24.0 Å². The molecule has 1 aliphatic carbocycles. The number of carbonyl (C=O) groups excluding carboxylic acids is 1. The second-order valence-electron chi connectivity index (χ2n) is 6.01. The van der Waals surface area contributed by atoms with E-state index in [0.29, 0.717) is 25.7 Å². The predicted octanol–water partition coefficient (Wildman–Crippen LogP) is 3.83. The molecule has 132 valence electrons. The Morgan fingerprint density at radius 3 is 2.79 bits per heavy atom. The molecule has 0 aromatic heterocycles. The van der Waals surface area contributed by atoms with Gasteiger partial charge in [-0.2, -0.15) is 0 Å². The molecule has 24 heavy (non-hydrogen) atoms. The zero-order valence-corrected chi connectivity index (χ0v) is 14.3. The Hall–Kier alpha value is -1.94. The molecule has 0 spiro atoms. The Bertz CT molecular complexity index is 514. The molecule has 0 aromatic carbocycles. The van der Waals surface area contributed by atoms with Crippen molar-refractivity contribution in [3.05, 3.63) is 48.6 Å². The van der Waals surface area contributed by atoms with Gasteiger partial charge in [0.25, 0.3) is 0 Å². The molecule has 1 aliphatic rings. The van der Waals surface area contributed by atoms with Crippen molar-refractivity contribution in [2.24, 2.45) is 11.8 Å². The van der Waals surface area contributed by atoms with Crippen LogP contribution >= 0.6 is 0 Å². The maximum atomic E-state index is 11.9. The molecule has 3 atom stereocenters. The van der Waals surface area contributed by atoms with E-state index in [0.717, 1.165) is 6.42 Å². The lowest BCUT2D eigenvalue weighted by molar-refractivity contribution is -0.137. The van der Waals surface area contributed by atoms with Crippen LogP contribution < -0.4 is 0 Å². The van der Waals surface area contributed by atoms with Crippen LogP contribution in [-0.4, -0.2) is 28.1 Å². The molecule has 0 aromatic rings. The molecular weight excluding hydrogens is 304 g/mol. The van der Waals surface area contributed by atoms with Gasteiger partial charge >= 0.3 is 5.97 Å². The van der Waals surface area contributed by atoms with Crippen molar-refractivity contribution < 1.29 is 19.8 Å². The Balaban J connectivity index is 2.42. The molecule has 0 saturated carbocycles. The molecule has 0 fully saturated rings. The summed E-state index contributed by atoms with van der Waals surface area (Å²) in [6, 6.07) is 0. The largest absolute Gasteiger partial charge is 0.481 e. The number of hydrogen-bond donors (Lipinski definition) is 2. The number of ketones is 1. The minimum atomic E-state index is -0.781. The van der Waals surface area contributed by atoms with Crippen molar-refractivity contribution in [1.29, 1.82) is 0 Å². The quantitative estimate of drug-likeness (QED) is 0.445. The number of carboxylic acid groups (broad SMARTS) is 1. The van der Waals surface area contributed by atoms with Crippen molar-refractivity contribution in [2.45, 2.75) is 51.6 Å². The van der Waals surface area contributed by atoms with Gasteiger partial charge in [-0.15, -0.1) is 0 Å². The van der Waals surface area contributed by atoms with Crippen LogP contribution in [0.3, 0.4) is 0 Å². The average Bonchev–Trinajstić information content (AvgIpc) is 2.89. The topological polar surface area (TPSA) is 74.6 Å². The number of aliphatic carboxylic acids is 1. The average molecular weight is 332 g/mol. The zero-order valence-electron chi connectivity index (χ0n) is 14.3. The highest BCUT2D eigenvalue weighted by Gasteiger charge is 2.27. The summed E-state index contributed by atoms with van der Waals surface area (Å²) in [5.74, 6) is -0.766. The highest BCUT2D eigenvalue weighted by Crippen LogP contribution is 2.27. The van der Waals surface area contributed by atoms with Gasteiger partial charge < -0.3 is 10.2 Å². The summed E-state index contributed by atoms with van der Waals surface area (Å²) < 4.78 is 0. The first-order valence-electron chi connectivity index (χ1n) is 8.64. The number of aliphatic hydroxyl groups is 1. The van der Waals surface area contributed by atoms with Crippen LogP contribution in [0.25, 0.3) is 0 Å². The first-order valence-corrected chi connectivity index (χ1v) is 8.64. The maximum absolute atomic E-state index is 11.9. The van der Waals surface area contributed by atoms with Crippen LogP contribution in [0.1, 0.15) is 45.4 Å². The van der Waals surface area contributed by atoms with Crippen molar-refractivity contribution >= 4 is 11.8 Å². The van der Waals surface area contributed by atoms with Crippen LogP contribution in [0.15, 0.2) is 48.6 Å². The van der Waals surface area contributed by atoms with Gasteiger partial charge in [-0.05, 0) is 38.2 Å². The number of carboxylic acids is 1. The van der Waals surface area contributed by atoms with Gasteiger partial charge in [0, 0.05) is 18.3 Å². The van der Waals surface area contributed by atoms with Crippen LogP contribution in [0.4, 0.5) is 0 Å². The van der Waals surface area contributed by atoms with E-state index in [1.54, 1.807) is 12.2 Å². The molecule has 0 amide bonds. The molecule has 4 heteroatoms. The van der Waals surface area contributed by atoms with Crippen molar-refractivity contribution in [1.82, 2.24) is 0 Å². The van der Waals surface area contributed by atoms with Crippen molar-refractivity contribution in [3.8, 4) is 0 Å². The van der Waals surface area contributed by atoms with Gasteiger partial charge in [0.15, 0.2) is 5.78 Å². The minimum absolute atomic E-state index is 0.0194. The Labute approximate surface area is 144 Å². The lowest BCUT2D eigenvalue weighted by Gasteiger charge is -2.13. The van der Waals surface area contributed by atoms with E-state index < -0.39 is 12.1 Å². The number of hydrogen-bond acceptors (Lipinski definition) is 3. The molecule has 0 aliphatic heterocycles. The fraction of sp³-hybridized carbons (Fsp3) is 0.500. The molecule has 0 heterocycles. The fourth-order valence-corrected chi connectivity index (χ4v) is 2.59. The van der Waals surface area contributed by atoms with Gasteiger partial charge in [-0.1, -0.05) is 49.5 Å². The van der Waals surface area contributed by atoms with Gasteiger partial charge in [0.1, 0.15) is 0 Å². The number of rotatable bonds is 11. The van der Waals surface area contributed by atoms with E-state index in [4.69, 9.17) is 5.11 Å². The third kappa shape index (κ3) is 8.06. The minimum Gasteiger partial charge on any atom is -0.481 e. The molecular formula is C20H28O4. The summed E-state index contributed by atoms with van der Waals surface area (Å²) in [5, 5.41) is 18.5. The lowest BCUT2D eigenvalue weighted by Crippen LogP contribution is -2.14. The van der Waals surface area contributed by atoms with Crippen LogP contribution in [0.5, 0.6) is 0 Å². The predicted molar refractivity (Wildman–Crippen MR) is 95.6 cm³/mol. The van der Waals surface area contributed by atoms with Gasteiger partial charge in [0.05, 0.1) is 6.10 Å². The second kappa shape index (κ2) is 11.6. The van der Waals surface area contributed by atoms with Crippen LogP contribution in [0, 0.1) is 11.8 Å². The van der Waals surface area contributed by atoms with E-state index in [1.807, 2.05) is 43.4 Å². The maximum Gasteiger partial charge on any atom is 0.303 e. The fourth-order valence-electron chi connectivity index (χ4n) is 2.59. The summed E-state index contributed by atoms with van der Waals surface area (Å²) in [5.41, 5.74) is 0. The zero-order chi connectivity index (χ0) is 17.8. The van der Waals surface area contributed by atoms with E-state index in [1.165, 1.54) is 0 Å². The van der Waals surface area contributed by atoms with Crippen molar-refractivity contribution in [3.63, 3.8) is 0 Å². The second-order valence-corrected chi connectivity index (χ2v) is 6.01. The number of aliphatic hydroxyl groups excluding tert-OH is 1. The smallest absolute Gasteiger partial charge is 0.303 e. The molecule has 2 unspecified atom stereocenters. The SMILES string of the molecule is CC/C=C\CC(O)/C=C/[C@H]1C=CC(=O)C1C/C=C\CCCC(=O)O. The third-order valence-corrected chi connectivity index (χ3v) is 3.97. The summed E-state index contributed by atoms with van der Waals surface area (Å²) in [7, 11) is 0. The summed E-state index contributed by atoms with van der Waals surface area (Å²) >= 11 is 0.